The number of hydrogen-bond acceptors (Lipinski definition) is 4. The van der Waals surface area contributed by atoms with Crippen LogP contribution >= 0.6 is 0 Å². The molecule has 40 heavy (non-hydrogen) atoms. The lowest BCUT2D eigenvalue weighted by Crippen LogP contribution is -2.49. The number of fused-ring (bicyclic) bond motifs is 2. The third-order valence-electron chi connectivity index (χ3n) is 7.70. The van der Waals surface area contributed by atoms with E-state index in [1.807, 2.05) is 25.1 Å². The van der Waals surface area contributed by atoms with E-state index in [1.54, 1.807) is 31.2 Å². The number of nitrogens with two attached hydrogens (primary N) is 1. The van der Waals surface area contributed by atoms with Crippen molar-refractivity contribution in [2.45, 2.75) is 58.4 Å². The average molecular weight is 545 g/mol. The van der Waals surface area contributed by atoms with Crippen molar-refractivity contribution in [2.24, 2.45) is 11.1 Å². The van der Waals surface area contributed by atoms with Crippen molar-refractivity contribution in [1.82, 2.24) is 5.32 Å². The highest BCUT2D eigenvalue weighted by Crippen LogP contribution is 2.54. The van der Waals surface area contributed by atoms with E-state index in [2.05, 4.69) is 48.9 Å². The third kappa shape index (κ3) is 5.49. The summed E-state index contributed by atoms with van der Waals surface area (Å²) >= 11 is 0. The Hall–Kier alpha value is -4.04. The molecule has 7 nitrogen and oxygen atoms in total. The van der Waals surface area contributed by atoms with Crippen LogP contribution in [0, 0.1) is 25.1 Å². The summed E-state index contributed by atoms with van der Waals surface area (Å²) in [5.41, 5.74) is 9.41. The van der Waals surface area contributed by atoms with E-state index >= 15 is 4.39 Å². The van der Waals surface area contributed by atoms with Gasteiger partial charge < -0.3 is 21.7 Å². The first-order chi connectivity index (χ1) is 18.9. The molecule has 0 saturated carbocycles. The Kier molecular flexibility index (Phi) is 8.12. The van der Waals surface area contributed by atoms with Crippen molar-refractivity contribution in [1.29, 1.82) is 0 Å². The van der Waals surface area contributed by atoms with Crippen molar-refractivity contribution in [3.05, 3.63) is 94.3 Å². The summed E-state index contributed by atoms with van der Waals surface area (Å²) in [5.74, 6) is -0.968. The van der Waals surface area contributed by atoms with Crippen LogP contribution in [0.4, 0.5) is 15.8 Å². The maximum absolute atomic E-state index is 15.2. The Morgan fingerprint density at radius 3 is 2.52 bits per heavy atom. The van der Waals surface area contributed by atoms with Gasteiger partial charge in [0.25, 0.3) is 0 Å². The van der Waals surface area contributed by atoms with Crippen LogP contribution in [0.1, 0.15) is 65.7 Å². The Balaban J connectivity index is 0.000000259. The van der Waals surface area contributed by atoms with Crippen molar-refractivity contribution in [3.63, 3.8) is 0 Å². The Morgan fingerprint density at radius 2 is 1.85 bits per heavy atom. The molecule has 5 N–H and O–H groups in total. The number of hydrogen-bond donors (Lipinski definition) is 4. The third-order valence-corrected chi connectivity index (χ3v) is 7.70. The molecule has 3 atom stereocenters. The van der Waals surface area contributed by atoms with Crippen LogP contribution in [0.25, 0.3) is 0 Å². The lowest BCUT2D eigenvalue weighted by atomic mass is 9.63. The fraction of sp³-hybridized carbons (Fsp3) is 0.344. The summed E-state index contributed by atoms with van der Waals surface area (Å²) in [4.78, 5) is 34.3. The molecular formula is C32H37FN4O3. The topological polar surface area (TPSA) is 113 Å². The quantitative estimate of drug-likeness (QED) is 0.332. The van der Waals surface area contributed by atoms with Crippen molar-refractivity contribution < 1.29 is 18.8 Å². The van der Waals surface area contributed by atoms with Gasteiger partial charge in [-0.1, -0.05) is 57.2 Å². The first kappa shape index (κ1) is 29.0. The second-order valence-corrected chi connectivity index (χ2v) is 11.8. The van der Waals surface area contributed by atoms with Crippen molar-refractivity contribution in [2.75, 3.05) is 17.2 Å². The van der Waals surface area contributed by atoms with E-state index in [1.165, 1.54) is 6.07 Å². The standard InChI is InChI=1S/C24H29FN2O.C8H8N2O2/c1-14-9-10-17-19(11-14)27-22(28)24(17)18(13-26-20(24)12-23(3,4)5)16-8-6-7-15(2)21(16)25;9-8(12)6-2-1-3-7(4-6)10-5-11/h6-11,18,20,26H,12-13H2,1-5H3,(H,27,28);1-5H,(H2,9,12)(H,10,11)/t18?,20?,24-;/m0./s1. The second kappa shape index (κ2) is 11.2. The van der Waals surface area contributed by atoms with Gasteiger partial charge in [0.05, 0.1) is 5.41 Å². The van der Waals surface area contributed by atoms with Gasteiger partial charge >= 0.3 is 0 Å². The fourth-order valence-corrected chi connectivity index (χ4v) is 5.96. The second-order valence-electron chi connectivity index (χ2n) is 11.8. The monoisotopic (exact) mass is 544 g/mol. The number of primary amides is 1. The largest absolute Gasteiger partial charge is 0.366 e. The summed E-state index contributed by atoms with van der Waals surface area (Å²) in [6.07, 6.45) is 1.37. The predicted molar refractivity (Wildman–Crippen MR) is 156 cm³/mol. The summed E-state index contributed by atoms with van der Waals surface area (Å²) in [6.45, 7) is 11.0. The molecule has 3 aromatic carbocycles. The normalized spacial score (nSPS) is 21.3. The van der Waals surface area contributed by atoms with Crippen LogP contribution in [-0.4, -0.2) is 30.8 Å². The van der Waals surface area contributed by atoms with Gasteiger partial charge in [-0.15, -0.1) is 0 Å². The summed E-state index contributed by atoms with van der Waals surface area (Å²) in [6, 6.07) is 18.0. The van der Waals surface area contributed by atoms with Crippen LogP contribution in [0.5, 0.6) is 0 Å². The number of aryl methyl sites for hydroxylation is 2. The van der Waals surface area contributed by atoms with Gasteiger partial charge in [0.15, 0.2) is 0 Å². The SMILES string of the molecule is Cc1ccc2c(c1)NC(=O)[C@@]21C(CC(C)(C)C)NCC1c1cccc(C)c1F.NC(=O)c1cccc(NC=O)c1. The van der Waals surface area contributed by atoms with Gasteiger partial charge in [-0.05, 0) is 72.2 Å². The minimum Gasteiger partial charge on any atom is -0.366 e. The van der Waals surface area contributed by atoms with E-state index < -0.39 is 11.3 Å². The number of anilines is 2. The highest BCUT2D eigenvalue weighted by Gasteiger charge is 2.61. The van der Waals surface area contributed by atoms with E-state index in [-0.39, 0.29) is 29.1 Å². The molecule has 2 heterocycles. The van der Waals surface area contributed by atoms with Crippen LogP contribution < -0.4 is 21.7 Å². The Morgan fingerprint density at radius 1 is 1.12 bits per heavy atom. The van der Waals surface area contributed by atoms with Crippen molar-refractivity contribution >= 4 is 29.6 Å². The molecule has 2 unspecified atom stereocenters. The van der Waals surface area contributed by atoms with Gasteiger partial charge in [-0.2, -0.15) is 0 Å². The number of rotatable bonds is 5. The molecule has 1 spiro atoms. The van der Waals surface area contributed by atoms with Crippen molar-refractivity contribution in [3.8, 4) is 0 Å². The molecule has 1 saturated heterocycles. The van der Waals surface area contributed by atoms with Gasteiger partial charge in [0, 0.05) is 35.4 Å². The van der Waals surface area contributed by atoms with Crippen LogP contribution in [0.15, 0.2) is 60.7 Å². The summed E-state index contributed by atoms with van der Waals surface area (Å²) < 4.78 is 15.2. The molecule has 0 bridgehead atoms. The van der Waals surface area contributed by atoms with Gasteiger partial charge in [-0.3, -0.25) is 14.4 Å². The molecule has 3 amide bonds. The van der Waals surface area contributed by atoms with E-state index in [0.29, 0.717) is 35.3 Å². The minimum absolute atomic E-state index is 0.0155. The number of halogens is 1. The lowest BCUT2D eigenvalue weighted by Gasteiger charge is -2.37. The number of amides is 3. The zero-order valence-corrected chi connectivity index (χ0v) is 23.6. The van der Waals surface area contributed by atoms with E-state index in [4.69, 9.17) is 5.73 Å². The first-order valence-corrected chi connectivity index (χ1v) is 13.4. The molecule has 0 aromatic heterocycles. The smallest absolute Gasteiger partial charge is 0.248 e. The summed E-state index contributed by atoms with van der Waals surface area (Å²) in [5, 5.41) is 9.13. The Labute approximate surface area is 234 Å². The number of nitrogens with one attached hydrogen (secondary N) is 3. The number of carbonyl (C=O) groups excluding carboxylic acids is 3. The maximum atomic E-state index is 15.2. The van der Waals surface area contributed by atoms with Gasteiger partial charge in [0.1, 0.15) is 5.82 Å². The van der Waals surface area contributed by atoms with Crippen LogP contribution in [-0.2, 0) is 15.0 Å². The zero-order chi connectivity index (χ0) is 29.2. The zero-order valence-electron chi connectivity index (χ0n) is 23.6. The van der Waals surface area contributed by atoms with E-state index in [0.717, 1.165) is 23.2 Å². The Bertz CT molecular complexity index is 1450. The average Bonchev–Trinajstić information content (AvgIpc) is 3.38. The van der Waals surface area contributed by atoms with Gasteiger partial charge in [-0.25, -0.2) is 4.39 Å². The fourth-order valence-electron chi connectivity index (χ4n) is 5.96. The minimum atomic E-state index is -0.801. The molecule has 2 aliphatic heterocycles. The first-order valence-electron chi connectivity index (χ1n) is 13.4. The molecule has 210 valence electrons. The molecule has 2 aliphatic rings. The van der Waals surface area contributed by atoms with E-state index in [9.17, 15) is 14.4 Å². The highest BCUT2D eigenvalue weighted by molar-refractivity contribution is 6.08. The molecule has 0 radical (unpaired) electrons. The molecule has 3 aromatic rings. The molecule has 1 fully saturated rings. The number of benzene rings is 3. The van der Waals surface area contributed by atoms with Crippen LogP contribution in [0.3, 0.4) is 0 Å². The summed E-state index contributed by atoms with van der Waals surface area (Å²) in [7, 11) is 0. The molecule has 5 rings (SSSR count). The molecular weight excluding hydrogens is 507 g/mol. The highest BCUT2D eigenvalue weighted by atomic mass is 19.1. The van der Waals surface area contributed by atoms with Crippen LogP contribution in [0.2, 0.25) is 0 Å². The number of carbonyl (C=O) groups is 3. The molecule has 8 heteroatoms. The van der Waals surface area contributed by atoms with Gasteiger partial charge in [0.2, 0.25) is 18.2 Å². The lowest BCUT2D eigenvalue weighted by molar-refractivity contribution is -0.122. The molecule has 0 aliphatic carbocycles. The maximum Gasteiger partial charge on any atom is 0.248 e. The predicted octanol–water partition coefficient (Wildman–Crippen LogP) is 5.18.